The molecule has 3 fully saturated rings. The van der Waals surface area contributed by atoms with Crippen LogP contribution in [-0.2, 0) is 4.74 Å². The number of carbonyl (C=O) groups is 1. The van der Waals surface area contributed by atoms with Crippen molar-refractivity contribution in [1.29, 1.82) is 0 Å². The molecule has 0 aromatic heterocycles. The van der Waals surface area contributed by atoms with Crippen molar-refractivity contribution in [3.8, 4) is 0 Å². The van der Waals surface area contributed by atoms with Gasteiger partial charge in [0.1, 0.15) is 6.10 Å². The third-order valence-electron chi connectivity index (χ3n) is 14.0. The summed E-state index contributed by atoms with van der Waals surface area (Å²) in [6.45, 7) is 19.5. The first-order valence-electron chi connectivity index (χ1n) is 21.1. The van der Waals surface area contributed by atoms with Crippen molar-refractivity contribution in [1.82, 2.24) is 15.5 Å². The van der Waals surface area contributed by atoms with Crippen LogP contribution in [0.25, 0.3) is 0 Å². The molecule has 0 spiro atoms. The lowest BCUT2D eigenvalue weighted by Gasteiger charge is -2.58. The second kappa shape index (κ2) is 20.2. The number of nitrogens with one attached hydrogen (secondary N) is 2. The molecule has 0 saturated heterocycles. The van der Waals surface area contributed by atoms with E-state index in [0.29, 0.717) is 18.5 Å². The highest BCUT2D eigenvalue weighted by atomic mass is 16.6. The summed E-state index contributed by atoms with van der Waals surface area (Å²) in [5.41, 5.74) is 13.8. The molecule has 0 bridgehead atoms. The fourth-order valence-electron chi connectivity index (χ4n) is 11.1. The van der Waals surface area contributed by atoms with Crippen molar-refractivity contribution in [3.05, 3.63) is 11.6 Å². The molecular weight excluding hydrogens is 606 g/mol. The Kier molecular flexibility index (Phi) is 16.7. The molecule has 0 radical (unpaired) electrons. The summed E-state index contributed by atoms with van der Waals surface area (Å²) in [6.07, 6.45) is 23.0. The number of nitrogens with two attached hydrogens (primary N) is 2. The van der Waals surface area contributed by atoms with Crippen LogP contribution in [0.1, 0.15) is 144 Å². The Morgan fingerprint density at radius 2 is 1.51 bits per heavy atom. The summed E-state index contributed by atoms with van der Waals surface area (Å²) in [5.74, 6) is 5.10. The predicted octanol–water partition coefficient (Wildman–Crippen LogP) is 8.27. The zero-order valence-corrected chi connectivity index (χ0v) is 32.7. The van der Waals surface area contributed by atoms with Gasteiger partial charge in [0.15, 0.2) is 0 Å². The highest BCUT2D eigenvalue weighted by molar-refractivity contribution is 5.67. The Hall–Kier alpha value is -1.15. The molecule has 4 rings (SSSR count). The van der Waals surface area contributed by atoms with Crippen LogP contribution in [0.3, 0.4) is 0 Å². The van der Waals surface area contributed by atoms with Crippen molar-refractivity contribution >= 4 is 6.09 Å². The average molecular weight is 686 g/mol. The lowest BCUT2D eigenvalue weighted by atomic mass is 9.47. The van der Waals surface area contributed by atoms with Gasteiger partial charge in [-0.1, -0.05) is 65.5 Å². The Labute approximate surface area is 302 Å². The number of unbranched alkanes of at least 4 members (excludes halogenated alkanes) is 2. The number of rotatable bonds is 22. The van der Waals surface area contributed by atoms with Gasteiger partial charge in [0.25, 0.3) is 0 Å². The summed E-state index contributed by atoms with van der Waals surface area (Å²) in [5, 5.41) is 7.02. The molecule has 6 N–H and O–H groups in total. The summed E-state index contributed by atoms with van der Waals surface area (Å²) in [4.78, 5) is 15.4. The fourth-order valence-corrected chi connectivity index (χ4v) is 11.1. The second-order valence-electron chi connectivity index (χ2n) is 17.7. The van der Waals surface area contributed by atoms with Crippen molar-refractivity contribution in [3.63, 3.8) is 0 Å². The van der Waals surface area contributed by atoms with E-state index in [-0.39, 0.29) is 17.6 Å². The van der Waals surface area contributed by atoms with Crippen molar-refractivity contribution in [2.24, 2.45) is 57.8 Å². The Morgan fingerprint density at radius 3 is 2.20 bits per heavy atom. The summed E-state index contributed by atoms with van der Waals surface area (Å²) < 4.78 is 6.29. The molecule has 4 aliphatic rings. The molecule has 7 nitrogen and oxygen atoms in total. The molecule has 0 aromatic rings. The number of nitrogens with zero attached hydrogens (tertiary/aromatic N) is 1. The molecule has 8 atom stereocenters. The van der Waals surface area contributed by atoms with E-state index >= 15 is 0 Å². The Bertz CT molecular complexity index is 1000. The highest BCUT2D eigenvalue weighted by Gasteiger charge is 2.59. The molecule has 0 heterocycles. The summed E-state index contributed by atoms with van der Waals surface area (Å²) in [7, 11) is 0. The second-order valence-corrected chi connectivity index (χ2v) is 17.7. The summed E-state index contributed by atoms with van der Waals surface area (Å²) in [6, 6.07) is 0. The van der Waals surface area contributed by atoms with Gasteiger partial charge < -0.3 is 31.7 Å². The van der Waals surface area contributed by atoms with Crippen LogP contribution in [0.15, 0.2) is 11.6 Å². The van der Waals surface area contributed by atoms with Gasteiger partial charge >= 0.3 is 6.09 Å². The van der Waals surface area contributed by atoms with Crippen molar-refractivity contribution < 1.29 is 9.53 Å². The minimum absolute atomic E-state index is 0.00613. The standard InChI is InChI=1S/C42H79N5O2/c1-32(2)13-10-14-33(3)37-17-18-38-36-16-15-34-31-35(19-21-41(34,4)39(36)20-22-42(37,38)5)49-40(48)47(30-12-24-44)29-9-8-27-45-25-6-7-26-46-28-11-23-43/h15,32-33,35-39,45-46H,6-14,16-31,43-44H2,1-5H3/t33-,35?,36?,37-,38?,39?,41+,42-/m1/s1. The van der Waals surface area contributed by atoms with Crippen LogP contribution in [0.4, 0.5) is 4.79 Å². The molecular formula is C42H79N5O2. The van der Waals surface area contributed by atoms with Gasteiger partial charge in [0.2, 0.25) is 0 Å². The van der Waals surface area contributed by atoms with E-state index in [0.717, 1.165) is 120 Å². The lowest BCUT2D eigenvalue weighted by Crippen LogP contribution is -2.51. The minimum atomic E-state index is -0.126. The van der Waals surface area contributed by atoms with Gasteiger partial charge in [-0.15, -0.1) is 0 Å². The third-order valence-corrected chi connectivity index (χ3v) is 14.0. The van der Waals surface area contributed by atoms with Gasteiger partial charge in [-0.25, -0.2) is 4.79 Å². The first-order valence-corrected chi connectivity index (χ1v) is 21.1. The topological polar surface area (TPSA) is 106 Å². The molecule has 0 aliphatic heterocycles. The van der Waals surface area contributed by atoms with Crippen LogP contribution in [0, 0.1) is 46.3 Å². The number of amides is 1. The number of allylic oxidation sites excluding steroid dienone is 1. The smallest absolute Gasteiger partial charge is 0.410 e. The Balaban J connectivity index is 1.22. The number of hydrogen-bond donors (Lipinski definition) is 4. The molecule has 4 unspecified atom stereocenters. The molecule has 7 heteroatoms. The van der Waals surface area contributed by atoms with E-state index in [1.807, 2.05) is 4.90 Å². The molecule has 1 amide bonds. The van der Waals surface area contributed by atoms with Crippen LogP contribution < -0.4 is 22.1 Å². The van der Waals surface area contributed by atoms with Gasteiger partial charge in [-0.05, 0) is 169 Å². The molecule has 3 saturated carbocycles. The zero-order valence-electron chi connectivity index (χ0n) is 32.7. The van der Waals surface area contributed by atoms with Crippen molar-refractivity contribution in [2.45, 2.75) is 150 Å². The van der Waals surface area contributed by atoms with Crippen LogP contribution >= 0.6 is 0 Å². The Morgan fingerprint density at radius 1 is 0.837 bits per heavy atom. The van der Waals surface area contributed by atoms with E-state index in [1.165, 1.54) is 64.2 Å². The maximum Gasteiger partial charge on any atom is 0.410 e. The van der Waals surface area contributed by atoms with E-state index in [1.54, 1.807) is 5.57 Å². The number of ether oxygens (including phenoxy) is 1. The number of carbonyl (C=O) groups excluding carboxylic acids is 1. The first-order chi connectivity index (χ1) is 23.6. The van der Waals surface area contributed by atoms with Gasteiger partial charge in [0, 0.05) is 19.5 Å². The molecule has 0 aromatic carbocycles. The van der Waals surface area contributed by atoms with E-state index in [2.05, 4.69) is 51.3 Å². The average Bonchev–Trinajstić information content (AvgIpc) is 3.43. The number of hydrogen-bond acceptors (Lipinski definition) is 6. The zero-order chi connectivity index (χ0) is 35.3. The van der Waals surface area contributed by atoms with Crippen molar-refractivity contribution in [2.75, 3.05) is 52.4 Å². The van der Waals surface area contributed by atoms with Gasteiger partial charge in [-0.2, -0.15) is 0 Å². The third kappa shape index (κ3) is 10.9. The number of fused-ring (bicyclic) bond motifs is 5. The maximum atomic E-state index is 13.5. The largest absolute Gasteiger partial charge is 0.446 e. The normalized spacial score (nSPS) is 31.5. The molecule has 49 heavy (non-hydrogen) atoms. The minimum Gasteiger partial charge on any atom is -0.446 e. The molecule has 4 aliphatic carbocycles. The quantitative estimate of drug-likeness (QED) is 0.0676. The van der Waals surface area contributed by atoms with Gasteiger partial charge in [-0.3, -0.25) is 0 Å². The highest BCUT2D eigenvalue weighted by Crippen LogP contribution is 2.67. The molecule has 284 valence electrons. The fraction of sp³-hybridized carbons (Fsp3) is 0.929. The first kappa shape index (κ1) is 40.6. The van der Waals surface area contributed by atoms with E-state index in [4.69, 9.17) is 16.2 Å². The monoisotopic (exact) mass is 686 g/mol. The van der Waals surface area contributed by atoms with Crippen LogP contribution in [0.2, 0.25) is 0 Å². The van der Waals surface area contributed by atoms with Gasteiger partial charge in [0.05, 0.1) is 0 Å². The SMILES string of the molecule is CC(C)CCC[C@@H](C)[C@H]1CCC2C3CC=C4CC(OC(=O)N(CCCN)CCCCNCCCCNCCCN)CC[C@]4(C)C3CC[C@@]21C. The van der Waals surface area contributed by atoms with E-state index < -0.39 is 0 Å². The maximum absolute atomic E-state index is 13.5. The lowest BCUT2D eigenvalue weighted by molar-refractivity contribution is -0.0593. The van der Waals surface area contributed by atoms with Crippen LogP contribution in [-0.4, -0.2) is 69.5 Å². The van der Waals surface area contributed by atoms with E-state index in [9.17, 15) is 4.79 Å². The predicted molar refractivity (Wildman–Crippen MR) is 206 cm³/mol. The summed E-state index contributed by atoms with van der Waals surface area (Å²) >= 11 is 0. The van der Waals surface area contributed by atoms with Crippen LogP contribution in [0.5, 0.6) is 0 Å².